The number of carbonyl (C=O) groups excluding carboxylic acids is 1. The van der Waals surface area contributed by atoms with Crippen LogP contribution in [0.5, 0.6) is 0 Å². The minimum absolute atomic E-state index is 0.0496. The summed E-state index contributed by atoms with van der Waals surface area (Å²) in [5.74, 6) is 0.660. The smallest absolute Gasteiger partial charge is 0.257 e. The summed E-state index contributed by atoms with van der Waals surface area (Å²) >= 11 is 0. The standard InChI is InChI=1S/C21H27N5O/c1-16-19(15-23-20(24-16)17-6-5-9-22-14-17)21(27)26-12-10-25(11-13-26)18-7-3-2-4-8-18/h5-6,9,14-15,18H,2-4,7-8,10-13H2,1H3. The van der Waals surface area contributed by atoms with Gasteiger partial charge in [-0.2, -0.15) is 0 Å². The maximum absolute atomic E-state index is 13.0. The average Bonchev–Trinajstić information content (AvgIpc) is 2.74. The third kappa shape index (κ3) is 4.00. The molecule has 0 spiro atoms. The molecule has 0 radical (unpaired) electrons. The van der Waals surface area contributed by atoms with Crippen LogP contribution in [0.3, 0.4) is 0 Å². The van der Waals surface area contributed by atoms with Crippen LogP contribution in [0.15, 0.2) is 30.7 Å². The van der Waals surface area contributed by atoms with E-state index in [4.69, 9.17) is 0 Å². The molecule has 2 aromatic rings. The number of pyridine rings is 1. The number of aromatic nitrogens is 3. The van der Waals surface area contributed by atoms with Gasteiger partial charge >= 0.3 is 0 Å². The second-order valence-corrected chi connectivity index (χ2v) is 7.55. The van der Waals surface area contributed by atoms with Gasteiger partial charge < -0.3 is 4.90 Å². The number of piperazine rings is 1. The number of amides is 1. The van der Waals surface area contributed by atoms with Crippen LogP contribution in [0, 0.1) is 6.92 Å². The fourth-order valence-corrected chi connectivity index (χ4v) is 4.22. The van der Waals surface area contributed by atoms with Crippen molar-refractivity contribution in [2.24, 2.45) is 0 Å². The Hall–Kier alpha value is -2.34. The molecule has 1 aliphatic heterocycles. The Morgan fingerprint density at radius 2 is 1.85 bits per heavy atom. The first-order valence-corrected chi connectivity index (χ1v) is 10.00. The Morgan fingerprint density at radius 3 is 2.52 bits per heavy atom. The van der Waals surface area contributed by atoms with E-state index in [0.29, 0.717) is 11.4 Å². The van der Waals surface area contributed by atoms with Gasteiger partial charge in [0, 0.05) is 56.4 Å². The number of carbonyl (C=O) groups is 1. The summed E-state index contributed by atoms with van der Waals surface area (Å²) in [5, 5.41) is 0. The molecule has 2 aliphatic rings. The van der Waals surface area contributed by atoms with E-state index < -0.39 is 0 Å². The minimum Gasteiger partial charge on any atom is -0.336 e. The summed E-state index contributed by atoms with van der Waals surface area (Å²) in [7, 11) is 0. The lowest BCUT2D eigenvalue weighted by atomic mass is 9.94. The van der Waals surface area contributed by atoms with Crippen molar-refractivity contribution >= 4 is 5.91 Å². The van der Waals surface area contributed by atoms with E-state index in [1.54, 1.807) is 18.6 Å². The fraction of sp³-hybridized carbons (Fsp3) is 0.524. The molecule has 1 aliphatic carbocycles. The van der Waals surface area contributed by atoms with Gasteiger partial charge in [0.1, 0.15) is 0 Å². The van der Waals surface area contributed by atoms with Gasteiger partial charge in [-0.15, -0.1) is 0 Å². The lowest BCUT2D eigenvalue weighted by Crippen LogP contribution is -2.52. The molecule has 142 valence electrons. The molecule has 1 saturated carbocycles. The van der Waals surface area contributed by atoms with Crippen molar-refractivity contribution in [3.8, 4) is 11.4 Å². The number of aryl methyl sites for hydroxylation is 1. The van der Waals surface area contributed by atoms with E-state index in [9.17, 15) is 4.79 Å². The highest BCUT2D eigenvalue weighted by atomic mass is 16.2. The second-order valence-electron chi connectivity index (χ2n) is 7.55. The van der Waals surface area contributed by atoms with Crippen LogP contribution in [-0.4, -0.2) is 62.9 Å². The first-order valence-electron chi connectivity index (χ1n) is 10.00. The maximum Gasteiger partial charge on any atom is 0.257 e. The zero-order valence-electron chi connectivity index (χ0n) is 16.0. The molecule has 2 aromatic heterocycles. The summed E-state index contributed by atoms with van der Waals surface area (Å²) in [6.07, 6.45) is 11.8. The van der Waals surface area contributed by atoms with Gasteiger partial charge in [-0.3, -0.25) is 14.7 Å². The lowest BCUT2D eigenvalue weighted by molar-refractivity contribution is 0.0522. The van der Waals surface area contributed by atoms with Gasteiger partial charge in [-0.05, 0) is 31.9 Å². The zero-order chi connectivity index (χ0) is 18.6. The lowest BCUT2D eigenvalue weighted by Gasteiger charge is -2.40. The van der Waals surface area contributed by atoms with Crippen LogP contribution in [-0.2, 0) is 0 Å². The molecule has 0 N–H and O–H groups in total. The fourth-order valence-electron chi connectivity index (χ4n) is 4.22. The molecule has 6 nitrogen and oxygen atoms in total. The minimum atomic E-state index is 0.0496. The molecule has 27 heavy (non-hydrogen) atoms. The van der Waals surface area contributed by atoms with E-state index in [1.807, 2.05) is 24.0 Å². The van der Waals surface area contributed by atoms with Crippen LogP contribution >= 0.6 is 0 Å². The number of hydrogen-bond acceptors (Lipinski definition) is 5. The van der Waals surface area contributed by atoms with Crippen molar-refractivity contribution in [2.45, 2.75) is 45.1 Å². The molecule has 3 heterocycles. The molecule has 4 rings (SSSR count). The topological polar surface area (TPSA) is 62.2 Å². The number of rotatable bonds is 3. The van der Waals surface area contributed by atoms with E-state index in [-0.39, 0.29) is 5.91 Å². The number of hydrogen-bond donors (Lipinski definition) is 0. The summed E-state index contributed by atoms with van der Waals surface area (Å²) < 4.78 is 0. The van der Waals surface area contributed by atoms with Crippen LogP contribution in [0.2, 0.25) is 0 Å². The van der Waals surface area contributed by atoms with Gasteiger partial charge in [0.2, 0.25) is 0 Å². The van der Waals surface area contributed by atoms with Crippen molar-refractivity contribution < 1.29 is 4.79 Å². The van der Waals surface area contributed by atoms with E-state index >= 15 is 0 Å². The van der Waals surface area contributed by atoms with Gasteiger partial charge in [0.25, 0.3) is 5.91 Å². The zero-order valence-corrected chi connectivity index (χ0v) is 16.0. The molecule has 6 heteroatoms. The first kappa shape index (κ1) is 18.0. The summed E-state index contributed by atoms with van der Waals surface area (Å²) in [6.45, 7) is 5.42. The molecular weight excluding hydrogens is 338 g/mol. The van der Waals surface area contributed by atoms with Gasteiger partial charge in [-0.25, -0.2) is 9.97 Å². The molecule has 0 unspecified atom stereocenters. The highest BCUT2D eigenvalue weighted by Gasteiger charge is 2.28. The van der Waals surface area contributed by atoms with Crippen molar-refractivity contribution in [1.29, 1.82) is 0 Å². The Kier molecular flexibility index (Phi) is 5.43. The second kappa shape index (κ2) is 8.13. The molecule has 0 atom stereocenters. The summed E-state index contributed by atoms with van der Waals surface area (Å²) in [6, 6.07) is 4.51. The van der Waals surface area contributed by atoms with Crippen molar-refractivity contribution in [2.75, 3.05) is 26.2 Å². The van der Waals surface area contributed by atoms with Crippen LogP contribution in [0.4, 0.5) is 0 Å². The Labute approximate surface area is 160 Å². The van der Waals surface area contributed by atoms with Crippen molar-refractivity contribution in [1.82, 2.24) is 24.8 Å². The molecule has 2 fully saturated rings. The van der Waals surface area contributed by atoms with Gasteiger partial charge in [0.05, 0.1) is 11.3 Å². The van der Waals surface area contributed by atoms with Crippen LogP contribution in [0.1, 0.15) is 48.2 Å². The highest BCUT2D eigenvalue weighted by Crippen LogP contribution is 2.24. The summed E-state index contributed by atoms with van der Waals surface area (Å²) in [5.41, 5.74) is 2.19. The maximum atomic E-state index is 13.0. The van der Waals surface area contributed by atoms with Gasteiger partial charge in [-0.1, -0.05) is 19.3 Å². The normalized spacial score (nSPS) is 19.2. The Bertz CT molecular complexity index is 780. The van der Waals surface area contributed by atoms with Crippen LogP contribution in [0.25, 0.3) is 11.4 Å². The molecule has 0 bridgehead atoms. The van der Waals surface area contributed by atoms with Crippen LogP contribution < -0.4 is 0 Å². The number of nitrogens with zero attached hydrogens (tertiary/aromatic N) is 5. The quantitative estimate of drug-likeness (QED) is 0.837. The SMILES string of the molecule is Cc1nc(-c2cccnc2)ncc1C(=O)N1CCN(C2CCCCC2)CC1. The third-order valence-electron chi connectivity index (χ3n) is 5.82. The monoisotopic (exact) mass is 365 g/mol. The predicted octanol–water partition coefficient (Wildman–Crippen LogP) is 2.94. The molecule has 1 saturated heterocycles. The highest BCUT2D eigenvalue weighted by molar-refractivity contribution is 5.95. The Balaban J connectivity index is 1.41. The Morgan fingerprint density at radius 1 is 1.07 bits per heavy atom. The van der Waals surface area contributed by atoms with E-state index in [2.05, 4.69) is 19.9 Å². The van der Waals surface area contributed by atoms with Crippen molar-refractivity contribution in [3.63, 3.8) is 0 Å². The first-order chi connectivity index (χ1) is 13.2. The molecule has 0 aromatic carbocycles. The molecular formula is C21H27N5O. The van der Waals surface area contributed by atoms with E-state index in [0.717, 1.165) is 43.5 Å². The van der Waals surface area contributed by atoms with Gasteiger partial charge in [0.15, 0.2) is 5.82 Å². The largest absolute Gasteiger partial charge is 0.336 e. The predicted molar refractivity (Wildman–Crippen MR) is 104 cm³/mol. The van der Waals surface area contributed by atoms with Crippen molar-refractivity contribution in [3.05, 3.63) is 42.0 Å². The molecule has 1 amide bonds. The summed E-state index contributed by atoms with van der Waals surface area (Å²) in [4.78, 5) is 30.6. The average molecular weight is 365 g/mol. The third-order valence-corrected chi connectivity index (χ3v) is 5.82. The van der Waals surface area contributed by atoms with E-state index in [1.165, 1.54) is 32.1 Å².